The number of aromatic nitrogens is 1. The van der Waals surface area contributed by atoms with Crippen LogP contribution in [0.1, 0.15) is 10.4 Å². The summed E-state index contributed by atoms with van der Waals surface area (Å²) in [6.07, 6.45) is 1.53. The van der Waals surface area contributed by atoms with Gasteiger partial charge in [-0.2, -0.15) is 0 Å². The maximum absolute atomic E-state index is 11.8. The van der Waals surface area contributed by atoms with E-state index in [0.29, 0.717) is 36.4 Å². The lowest BCUT2D eigenvalue weighted by atomic mass is 10.2. The van der Waals surface area contributed by atoms with Crippen molar-refractivity contribution in [2.24, 2.45) is 0 Å². The van der Waals surface area contributed by atoms with Gasteiger partial charge in [-0.1, -0.05) is 11.6 Å². The third-order valence-electron chi connectivity index (χ3n) is 2.01. The molecule has 1 N–H and O–H groups in total. The first kappa shape index (κ1) is 15.4. The number of nitrogens with one attached hydrogen (secondary N) is 1. The molecule has 0 saturated heterocycles. The molecule has 0 bridgehead atoms. The summed E-state index contributed by atoms with van der Waals surface area (Å²) in [7, 11) is 1.60. The summed E-state index contributed by atoms with van der Waals surface area (Å²) < 4.78 is 10.7. The smallest absolute Gasteiger partial charge is 0.254 e. The lowest BCUT2D eigenvalue weighted by molar-refractivity contribution is 0.0692. The molecule has 5 nitrogen and oxygen atoms in total. The van der Waals surface area contributed by atoms with Gasteiger partial charge in [-0.25, -0.2) is 4.98 Å². The number of pyridine rings is 1. The van der Waals surface area contributed by atoms with Gasteiger partial charge < -0.3 is 14.8 Å². The number of halogens is 2. The topological polar surface area (TPSA) is 60.5 Å². The van der Waals surface area contributed by atoms with E-state index >= 15 is 0 Å². The van der Waals surface area contributed by atoms with Crippen LogP contribution in [-0.4, -0.2) is 44.4 Å². The molecule has 1 aromatic rings. The zero-order chi connectivity index (χ0) is 13.4. The summed E-state index contributed by atoms with van der Waals surface area (Å²) in [4.78, 5) is 15.6. The normalized spacial score (nSPS) is 10.4. The van der Waals surface area contributed by atoms with Crippen molar-refractivity contribution < 1.29 is 14.3 Å². The van der Waals surface area contributed by atoms with Gasteiger partial charge in [0.15, 0.2) is 0 Å². The van der Waals surface area contributed by atoms with E-state index in [-0.39, 0.29) is 11.1 Å². The molecule has 0 aliphatic heterocycles. The molecule has 0 spiro atoms. The first-order valence-electron chi connectivity index (χ1n) is 5.31. The van der Waals surface area contributed by atoms with E-state index < -0.39 is 0 Å². The van der Waals surface area contributed by atoms with E-state index in [0.717, 1.165) is 0 Å². The van der Waals surface area contributed by atoms with Gasteiger partial charge in [0.1, 0.15) is 5.15 Å². The number of amides is 1. The van der Waals surface area contributed by atoms with Crippen LogP contribution in [0.2, 0.25) is 5.15 Å². The fourth-order valence-corrected chi connectivity index (χ4v) is 1.68. The molecule has 0 aliphatic carbocycles. The highest BCUT2D eigenvalue weighted by molar-refractivity contribution is 9.10. The van der Waals surface area contributed by atoms with Crippen LogP contribution in [0.3, 0.4) is 0 Å². The maximum atomic E-state index is 11.8. The monoisotopic (exact) mass is 336 g/mol. The fourth-order valence-electron chi connectivity index (χ4n) is 1.16. The Morgan fingerprint density at radius 2 is 2.28 bits per heavy atom. The summed E-state index contributed by atoms with van der Waals surface area (Å²) in [6.45, 7) is 1.88. The van der Waals surface area contributed by atoms with Gasteiger partial charge >= 0.3 is 0 Å². The maximum Gasteiger partial charge on any atom is 0.254 e. The van der Waals surface area contributed by atoms with Gasteiger partial charge in [0, 0.05) is 24.3 Å². The molecule has 0 radical (unpaired) electrons. The number of nitrogens with zero attached hydrogens (tertiary/aromatic N) is 1. The SMILES string of the molecule is COCCOCCNC(=O)c1cc(Br)cnc1Cl. The molecule has 0 saturated carbocycles. The Bertz CT molecular complexity index is 404. The Morgan fingerprint density at radius 3 is 3.00 bits per heavy atom. The molecule has 0 fully saturated rings. The van der Waals surface area contributed by atoms with Crippen LogP contribution < -0.4 is 5.32 Å². The van der Waals surface area contributed by atoms with Crippen LogP contribution >= 0.6 is 27.5 Å². The van der Waals surface area contributed by atoms with E-state index in [9.17, 15) is 4.79 Å². The predicted molar refractivity (Wildman–Crippen MR) is 72.0 cm³/mol. The Hall–Kier alpha value is -0.690. The average molecular weight is 338 g/mol. The number of methoxy groups -OCH3 is 1. The van der Waals surface area contributed by atoms with E-state index in [1.807, 2.05) is 0 Å². The minimum Gasteiger partial charge on any atom is -0.382 e. The molecule has 1 rings (SSSR count). The van der Waals surface area contributed by atoms with Crippen molar-refractivity contribution in [1.82, 2.24) is 10.3 Å². The van der Waals surface area contributed by atoms with Crippen LogP contribution in [0.25, 0.3) is 0 Å². The number of carbonyl (C=O) groups is 1. The van der Waals surface area contributed by atoms with Gasteiger partial charge in [0.05, 0.1) is 25.4 Å². The van der Waals surface area contributed by atoms with Gasteiger partial charge in [0.2, 0.25) is 0 Å². The first-order chi connectivity index (χ1) is 8.65. The molecule has 100 valence electrons. The van der Waals surface area contributed by atoms with Crippen molar-refractivity contribution in [2.45, 2.75) is 0 Å². The van der Waals surface area contributed by atoms with Crippen LogP contribution in [0, 0.1) is 0 Å². The summed E-state index contributed by atoms with van der Waals surface area (Å²) >= 11 is 9.07. The van der Waals surface area contributed by atoms with Gasteiger partial charge in [-0.05, 0) is 22.0 Å². The predicted octanol–water partition coefficient (Wildman–Crippen LogP) is 1.89. The largest absolute Gasteiger partial charge is 0.382 e. The van der Waals surface area contributed by atoms with Crippen LogP contribution in [0.5, 0.6) is 0 Å². The van der Waals surface area contributed by atoms with Crippen molar-refractivity contribution >= 4 is 33.4 Å². The number of ether oxygens (including phenoxy) is 2. The van der Waals surface area contributed by atoms with E-state index in [1.54, 1.807) is 13.2 Å². The van der Waals surface area contributed by atoms with Gasteiger partial charge in [-0.15, -0.1) is 0 Å². The molecule has 0 aliphatic rings. The van der Waals surface area contributed by atoms with Crippen molar-refractivity contribution in [3.63, 3.8) is 0 Å². The minimum atomic E-state index is -0.274. The van der Waals surface area contributed by atoms with E-state index in [1.165, 1.54) is 6.20 Å². The van der Waals surface area contributed by atoms with Crippen molar-refractivity contribution in [1.29, 1.82) is 0 Å². The summed E-state index contributed by atoms with van der Waals surface area (Å²) in [6, 6.07) is 1.62. The number of hydrogen-bond donors (Lipinski definition) is 1. The van der Waals surface area contributed by atoms with Crippen LogP contribution in [0.4, 0.5) is 0 Å². The molecule has 1 amide bonds. The van der Waals surface area contributed by atoms with Gasteiger partial charge in [0.25, 0.3) is 5.91 Å². The van der Waals surface area contributed by atoms with Crippen molar-refractivity contribution in [2.75, 3.05) is 33.5 Å². The summed E-state index contributed by atoms with van der Waals surface area (Å²) in [5.74, 6) is -0.274. The average Bonchev–Trinajstić information content (AvgIpc) is 2.36. The van der Waals surface area contributed by atoms with Gasteiger partial charge in [-0.3, -0.25) is 4.79 Å². The highest BCUT2D eigenvalue weighted by Crippen LogP contribution is 2.17. The zero-order valence-corrected chi connectivity index (χ0v) is 12.3. The third-order valence-corrected chi connectivity index (χ3v) is 2.75. The van der Waals surface area contributed by atoms with E-state index in [4.69, 9.17) is 21.1 Å². The van der Waals surface area contributed by atoms with Crippen LogP contribution in [0.15, 0.2) is 16.7 Å². The van der Waals surface area contributed by atoms with E-state index in [2.05, 4.69) is 26.2 Å². The molecule has 0 atom stereocenters. The highest BCUT2D eigenvalue weighted by atomic mass is 79.9. The second-order valence-electron chi connectivity index (χ2n) is 3.35. The second kappa shape index (κ2) is 8.42. The zero-order valence-electron chi connectivity index (χ0n) is 9.91. The number of carbonyl (C=O) groups excluding carboxylic acids is 1. The second-order valence-corrected chi connectivity index (χ2v) is 4.63. The third kappa shape index (κ3) is 5.30. The Morgan fingerprint density at radius 1 is 1.50 bits per heavy atom. The highest BCUT2D eigenvalue weighted by Gasteiger charge is 2.11. The quantitative estimate of drug-likeness (QED) is 0.610. The van der Waals surface area contributed by atoms with Crippen molar-refractivity contribution in [3.8, 4) is 0 Å². The standard InChI is InChI=1S/C11H14BrClN2O3/c1-17-4-5-18-3-2-14-11(16)9-6-8(12)7-15-10(9)13/h6-7H,2-5H2,1H3,(H,14,16). The number of rotatable bonds is 7. The lowest BCUT2D eigenvalue weighted by Gasteiger charge is -2.07. The Kier molecular flexibility index (Phi) is 7.19. The lowest BCUT2D eigenvalue weighted by Crippen LogP contribution is -2.28. The summed E-state index contributed by atoms with van der Waals surface area (Å²) in [5.41, 5.74) is 0.336. The molecular weight excluding hydrogens is 323 g/mol. The molecular formula is C11H14BrClN2O3. The minimum absolute atomic E-state index is 0.177. The first-order valence-corrected chi connectivity index (χ1v) is 6.48. The fraction of sp³-hybridized carbons (Fsp3) is 0.455. The van der Waals surface area contributed by atoms with Crippen LogP contribution in [-0.2, 0) is 9.47 Å². The number of hydrogen-bond acceptors (Lipinski definition) is 4. The molecule has 18 heavy (non-hydrogen) atoms. The Balaban J connectivity index is 2.34. The molecule has 0 aromatic carbocycles. The van der Waals surface area contributed by atoms with Crippen molar-refractivity contribution in [3.05, 3.63) is 27.5 Å². The molecule has 7 heteroatoms. The molecule has 1 aromatic heterocycles. The Labute approximate surface area is 119 Å². The molecule has 1 heterocycles. The molecule has 0 unspecified atom stereocenters. The summed E-state index contributed by atoms with van der Waals surface area (Å²) in [5, 5.41) is 2.87.